The number of nitrogens with zero attached hydrogens (tertiary/aromatic N) is 2. The molecule has 0 saturated heterocycles. The minimum Gasteiger partial charge on any atom is -0.481 e. The number of aliphatic carboxylic acids is 1. The number of carboxylic acids is 1. The lowest BCUT2D eigenvalue weighted by molar-refractivity contribution is -0.136. The molecule has 5 heteroatoms. The molecular formula is C11H14N2O3. The minimum absolute atomic E-state index is 0.0969. The Morgan fingerprint density at radius 2 is 2.38 bits per heavy atom. The van der Waals surface area contributed by atoms with Crippen molar-refractivity contribution in [1.82, 2.24) is 9.97 Å². The molecule has 1 saturated carbocycles. The number of hydrogen-bond acceptors (Lipinski definition) is 4. The van der Waals surface area contributed by atoms with Crippen molar-refractivity contribution < 1.29 is 14.6 Å². The van der Waals surface area contributed by atoms with Crippen LogP contribution in [0.15, 0.2) is 6.20 Å². The van der Waals surface area contributed by atoms with E-state index in [1.165, 1.54) is 0 Å². The molecule has 86 valence electrons. The van der Waals surface area contributed by atoms with E-state index in [9.17, 15) is 4.79 Å². The quantitative estimate of drug-likeness (QED) is 0.814. The third-order valence-electron chi connectivity index (χ3n) is 2.41. The molecule has 1 heterocycles. The molecule has 1 aromatic heterocycles. The second-order valence-corrected chi connectivity index (χ2v) is 3.84. The van der Waals surface area contributed by atoms with Crippen molar-refractivity contribution >= 4 is 5.97 Å². The summed E-state index contributed by atoms with van der Waals surface area (Å²) >= 11 is 0. The molecule has 1 aliphatic rings. The number of aromatic nitrogens is 2. The van der Waals surface area contributed by atoms with E-state index in [4.69, 9.17) is 9.84 Å². The van der Waals surface area contributed by atoms with Gasteiger partial charge in [-0.25, -0.2) is 4.98 Å². The number of hydrogen-bond donors (Lipinski definition) is 1. The Balaban J connectivity index is 2.24. The molecule has 1 aliphatic carbocycles. The highest BCUT2D eigenvalue weighted by Crippen LogP contribution is 2.38. The normalized spacial score (nSPS) is 14.8. The molecule has 0 radical (unpaired) electrons. The van der Waals surface area contributed by atoms with Gasteiger partial charge in [-0.3, -0.25) is 4.79 Å². The van der Waals surface area contributed by atoms with Gasteiger partial charge in [0.05, 0.1) is 13.0 Å². The molecule has 0 unspecified atom stereocenters. The highest BCUT2D eigenvalue weighted by atomic mass is 16.5. The molecule has 1 fully saturated rings. The molecule has 0 bridgehead atoms. The number of rotatable bonds is 5. The van der Waals surface area contributed by atoms with Gasteiger partial charge in [-0.15, -0.1) is 0 Å². The van der Waals surface area contributed by atoms with Crippen molar-refractivity contribution in [3.05, 3.63) is 17.6 Å². The fourth-order valence-electron chi connectivity index (χ4n) is 1.49. The molecule has 1 aromatic rings. The standard InChI is InChI=1S/C11H14N2O3/c1-2-16-11-8(5-9(14)15)6-12-10(13-11)7-3-4-7/h6-7H,2-5H2,1H3,(H,14,15). The topological polar surface area (TPSA) is 72.3 Å². The molecule has 0 aromatic carbocycles. The van der Waals surface area contributed by atoms with Gasteiger partial charge in [-0.05, 0) is 19.8 Å². The van der Waals surface area contributed by atoms with Gasteiger partial charge in [0.25, 0.3) is 0 Å². The number of ether oxygens (including phenoxy) is 1. The number of carboxylic acid groups (broad SMARTS) is 1. The molecular weight excluding hydrogens is 208 g/mol. The van der Waals surface area contributed by atoms with Crippen LogP contribution in [0, 0.1) is 0 Å². The van der Waals surface area contributed by atoms with Crippen LogP contribution in [-0.4, -0.2) is 27.7 Å². The Morgan fingerprint density at radius 3 is 2.94 bits per heavy atom. The molecule has 5 nitrogen and oxygen atoms in total. The van der Waals surface area contributed by atoms with E-state index in [1.54, 1.807) is 6.20 Å². The summed E-state index contributed by atoms with van der Waals surface area (Å²) in [4.78, 5) is 19.1. The third kappa shape index (κ3) is 2.48. The lowest BCUT2D eigenvalue weighted by atomic mass is 10.2. The first-order chi connectivity index (χ1) is 7.70. The minimum atomic E-state index is -0.899. The molecule has 1 N–H and O–H groups in total. The Labute approximate surface area is 93.5 Å². The van der Waals surface area contributed by atoms with Crippen molar-refractivity contribution in [1.29, 1.82) is 0 Å². The lowest BCUT2D eigenvalue weighted by Crippen LogP contribution is -2.08. The van der Waals surface area contributed by atoms with Gasteiger partial charge in [0.1, 0.15) is 5.82 Å². The maximum atomic E-state index is 10.6. The Morgan fingerprint density at radius 1 is 1.62 bits per heavy atom. The molecule has 0 aliphatic heterocycles. The van der Waals surface area contributed by atoms with Crippen LogP contribution < -0.4 is 4.74 Å². The van der Waals surface area contributed by atoms with Gasteiger partial charge in [-0.1, -0.05) is 0 Å². The Hall–Kier alpha value is -1.65. The van der Waals surface area contributed by atoms with Crippen LogP contribution in [0.25, 0.3) is 0 Å². The molecule has 0 spiro atoms. The summed E-state index contributed by atoms with van der Waals surface area (Å²) in [7, 11) is 0. The van der Waals surface area contributed by atoms with E-state index < -0.39 is 5.97 Å². The zero-order valence-electron chi connectivity index (χ0n) is 9.14. The summed E-state index contributed by atoms with van der Waals surface area (Å²) < 4.78 is 5.34. The smallest absolute Gasteiger partial charge is 0.308 e. The van der Waals surface area contributed by atoms with Crippen LogP contribution in [0.1, 0.15) is 37.1 Å². The zero-order valence-corrected chi connectivity index (χ0v) is 9.14. The van der Waals surface area contributed by atoms with Crippen LogP contribution in [0.5, 0.6) is 5.88 Å². The molecule has 2 rings (SSSR count). The second-order valence-electron chi connectivity index (χ2n) is 3.84. The summed E-state index contributed by atoms with van der Waals surface area (Å²) in [5.41, 5.74) is 0.541. The van der Waals surface area contributed by atoms with Crippen LogP contribution in [0.3, 0.4) is 0 Å². The first-order valence-electron chi connectivity index (χ1n) is 5.41. The van der Waals surface area contributed by atoms with Gasteiger partial charge in [0, 0.05) is 17.7 Å². The maximum absolute atomic E-state index is 10.6. The first-order valence-corrected chi connectivity index (χ1v) is 5.41. The SMILES string of the molecule is CCOc1nc(C2CC2)ncc1CC(=O)O. The van der Waals surface area contributed by atoms with E-state index >= 15 is 0 Å². The second kappa shape index (κ2) is 4.47. The van der Waals surface area contributed by atoms with Crippen molar-refractivity contribution in [2.45, 2.75) is 32.1 Å². The van der Waals surface area contributed by atoms with Crippen molar-refractivity contribution in [3.63, 3.8) is 0 Å². The molecule has 16 heavy (non-hydrogen) atoms. The van der Waals surface area contributed by atoms with Crippen LogP contribution in [0.2, 0.25) is 0 Å². The van der Waals surface area contributed by atoms with Crippen molar-refractivity contribution in [2.75, 3.05) is 6.61 Å². The fraction of sp³-hybridized carbons (Fsp3) is 0.545. The summed E-state index contributed by atoms with van der Waals surface area (Å²) in [5.74, 6) is 0.737. The van der Waals surface area contributed by atoms with E-state index in [0.29, 0.717) is 24.0 Å². The van der Waals surface area contributed by atoms with E-state index in [1.807, 2.05) is 6.92 Å². The van der Waals surface area contributed by atoms with Gasteiger partial charge < -0.3 is 9.84 Å². The van der Waals surface area contributed by atoms with Gasteiger partial charge in [0.2, 0.25) is 5.88 Å². The summed E-state index contributed by atoms with van der Waals surface area (Å²) in [5, 5.41) is 8.74. The monoisotopic (exact) mass is 222 g/mol. The summed E-state index contributed by atoms with van der Waals surface area (Å²) in [6.45, 7) is 2.33. The van der Waals surface area contributed by atoms with Crippen molar-refractivity contribution in [3.8, 4) is 5.88 Å². The number of carbonyl (C=O) groups is 1. The van der Waals surface area contributed by atoms with Gasteiger partial charge in [-0.2, -0.15) is 4.98 Å². The zero-order chi connectivity index (χ0) is 11.5. The lowest BCUT2D eigenvalue weighted by Gasteiger charge is -2.08. The molecule has 0 amide bonds. The van der Waals surface area contributed by atoms with Gasteiger partial charge in [0.15, 0.2) is 0 Å². The maximum Gasteiger partial charge on any atom is 0.308 e. The average molecular weight is 222 g/mol. The highest BCUT2D eigenvalue weighted by Gasteiger charge is 2.27. The fourth-order valence-corrected chi connectivity index (χ4v) is 1.49. The predicted octanol–water partition coefficient (Wildman–Crippen LogP) is 1.38. The van der Waals surface area contributed by atoms with Gasteiger partial charge >= 0.3 is 5.97 Å². The van der Waals surface area contributed by atoms with E-state index in [-0.39, 0.29) is 6.42 Å². The summed E-state index contributed by atoms with van der Waals surface area (Å²) in [6, 6.07) is 0. The highest BCUT2D eigenvalue weighted by molar-refractivity contribution is 5.70. The first kappa shape index (κ1) is 10.9. The Kier molecular flexibility index (Phi) is 3.03. The van der Waals surface area contributed by atoms with Crippen molar-refractivity contribution in [2.24, 2.45) is 0 Å². The van der Waals surface area contributed by atoms with E-state index in [0.717, 1.165) is 18.7 Å². The Bertz CT molecular complexity index is 402. The van der Waals surface area contributed by atoms with Crippen LogP contribution in [0.4, 0.5) is 0 Å². The van der Waals surface area contributed by atoms with E-state index in [2.05, 4.69) is 9.97 Å². The third-order valence-corrected chi connectivity index (χ3v) is 2.41. The average Bonchev–Trinajstić information content (AvgIpc) is 3.03. The molecule has 0 atom stereocenters. The largest absolute Gasteiger partial charge is 0.481 e. The van der Waals surface area contributed by atoms with Crippen LogP contribution in [-0.2, 0) is 11.2 Å². The summed E-state index contributed by atoms with van der Waals surface area (Å²) in [6.07, 6.45) is 3.70. The predicted molar refractivity (Wildman–Crippen MR) is 56.5 cm³/mol. The van der Waals surface area contributed by atoms with Crippen LogP contribution >= 0.6 is 0 Å².